The molecule has 2 heterocycles. The van der Waals surface area contributed by atoms with E-state index in [1.54, 1.807) is 6.20 Å². The van der Waals surface area contributed by atoms with E-state index in [0.29, 0.717) is 26.3 Å². The van der Waals surface area contributed by atoms with E-state index in [0.717, 1.165) is 11.4 Å². The topological polar surface area (TPSA) is 94.5 Å². The van der Waals surface area contributed by atoms with E-state index >= 15 is 0 Å². The summed E-state index contributed by atoms with van der Waals surface area (Å²) >= 11 is 0. The normalized spacial score (nSPS) is 20.3. The highest BCUT2D eigenvalue weighted by atomic mass is 16.5. The Bertz CT molecular complexity index is 393. The van der Waals surface area contributed by atoms with Crippen LogP contribution in [0.1, 0.15) is 5.56 Å². The van der Waals surface area contributed by atoms with E-state index in [4.69, 9.17) is 16.2 Å². The second-order valence-electron chi connectivity index (χ2n) is 3.92. The molecule has 1 unspecified atom stereocenters. The van der Waals surface area contributed by atoms with Gasteiger partial charge in [0.05, 0.1) is 13.2 Å². The van der Waals surface area contributed by atoms with E-state index < -0.39 is 11.9 Å². The molecule has 4 N–H and O–H groups in total. The third kappa shape index (κ3) is 2.54. The third-order valence-corrected chi connectivity index (χ3v) is 2.80. The molecule has 0 saturated carbocycles. The molecule has 1 aromatic heterocycles. The van der Waals surface area contributed by atoms with Crippen molar-refractivity contribution in [2.24, 2.45) is 11.5 Å². The van der Waals surface area contributed by atoms with E-state index in [9.17, 15) is 4.79 Å². The van der Waals surface area contributed by atoms with E-state index in [-0.39, 0.29) is 0 Å². The minimum atomic E-state index is -0.444. The number of carbonyl (C=O) groups is 1. The molecule has 6 heteroatoms. The van der Waals surface area contributed by atoms with Crippen LogP contribution in [0.4, 0.5) is 5.82 Å². The number of rotatable bonds is 3. The number of primary amides is 1. The smallest absolute Gasteiger partial charge is 0.242 e. The summed E-state index contributed by atoms with van der Waals surface area (Å²) in [5.41, 5.74) is 11.8. The van der Waals surface area contributed by atoms with Gasteiger partial charge >= 0.3 is 0 Å². The Kier molecular flexibility index (Phi) is 3.55. The predicted octanol–water partition coefficient (Wildman–Crippen LogP) is -0.769. The van der Waals surface area contributed by atoms with Gasteiger partial charge in [0.1, 0.15) is 11.9 Å². The fourth-order valence-electron chi connectivity index (χ4n) is 1.82. The lowest BCUT2D eigenvalue weighted by molar-refractivity contribution is -0.121. The molecule has 1 fully saturated rings. The minimum absolute atomic E-state index is 0.315. The molecular weight excluding hydrogens is 220 g/mol. The highest BCUT2D eigenvalue weighted by molar-refractivity contribution is 5.83. The summed E-state index contributed by atoms with van der Waals surface area (Å²) < 4.78 is 5.25. The molecule has 0 spiro atoms. The van der Waals surface area contributed by atoms with Gasteiger partial charge in [0, 0.05) is 19.3 Å². The average Bonchev–Trinajstić information content (AvgIpc) is 2.39. The second-order valence-corrected chi connectivity index (χ2v) is 3.92. The SMILES string of the molecule is NCc1ccc(N2CCOCC2C(N)=O)nc1. The molecule has 1 amide bonds. The van der Waals surface area contributed by atoms with E-state index in [2.05, 4.69) is 4.98 Å². The number of morpholine rings is 1. The molecule has 0 radical (unpaired) electrons. The summed E-state index contributed by atoms with van der Waals surface area (Å²) in [4.78, 5) is 17.5. The van der Waals surface area contributed by atoms with Gasteiger partial charge in [0.15, 0.2) is 0 Å². The van der Waals surface area contributed by atoms with Crippen LogP contribution in [0.2, 0.25) is 0 Å². The summed E-state index contributed by atoms with van der Waals surface area (Å²) in [7, 11) is 0. The van der Waals surface area contributed by atoms with Gasteiger partial charge in [-0.1, -0.05) is 6.07 Å². The Morgan fingerprint density at radius 2 is 2.41 bits per heavy atom. The highest BCUT2D eigenvalue weighted by Crippen LogP contribution is 2.17. The summed E-state index contributed by atoms with van der Waals surface area (Å²) in [6.45, 7) is 1.96. The van der Waals surface area contributed by atoms with Gasteiger partial charge in [-0.05, 0) is 11.6 Å². The Hall–Kier alpha value is -1.66. The van der Waals surface area contributed by atoms with E-state index in [1.165, 1.54) is 0 Å². The largest absolute Gasteiger partial charge is 0.377 e. The van der Waals surface area contributed by atoms with Gasteiger partial charge in [-0.25, -0.2) is 4.98 Å². The Balaban J connectivity index is 2.20. The first kappa shape index (κ1) is 11.8. The third-order valence-electron chi connectivity index (χ3n) is 2.80. The molecule has 6 nitrogen and oxygen atoms in total. The van der Waals surface area contributed by atoms with Crippen molar-refractivity contribution in [1.82, 2.24) is 4.98 Å². The van der Waals surface area contributed by atoms with Crippen LogP contribution < -0.4 is 16.4 Å². The number of ether oxygens (including phenoxy) is 1. The summed E-state index contributed by atoms with van der Waals surface area (Å²) in [6, 6.07) is 3.30. The number of nitrogens with two attached hydrogens (primary N) is 2. The number of amides is 1. The second kappa shape index (κ2) is 5.11. The van der Waals surface area contributed by atoms with Crippen LogP contribution >= 0.6 is 0 Å². The van der Waals surface area contributed by atoms with Gasteiger partial charge in [-0.2, -0.15) is 0 Å². The number of hydrogen-bond donors (Lipinski definition) is 2. The first-order chi connectivity index (χ1) is 8.22. The number of pyridine rings is 1. The maximum absolute atomic E-state index is 11.3. The molecule has 0 aliphatic carbocycles. The standard InChI is InChI=1S/C11H16N4O2/c12-5-8-1-2-10(14-6-8)15-3-4-17-7-9(15)11(13)16/h1-2,6,9H,3-5,7,12H2,(H2,13,16). The molecule has 1 aromatic rings. The average molecular weight is 236 g/mol. The zero-order valence-electron chi connectivity index (χ0n) is 9.50. The van der Waals surface area contributed by atoms with Crippen LogP contribution in [0.3, 0.4) is 0 Å². The molecule has 1 aliphatic heterocycles. The van der Waals surface area contributed by atoms with Crippen molar-refractivity contribution in [1.29, 1.82) is 0 Å². The lowest BCUT2D eigenvalue weighted by atomic mass is 10.2. The van der Waals surface area contributed by atoms with Crippen molar-refractivity contribution >= 4 is 11.7 Å². The quantitative estimate of drug-likeness (QED) is 0.718. The maximum Gasteiger partial charge on any atom is 0.242 e. The van der Waals surface area contributed by atoms with Gasteiger partial charge in [0.25, 0.3) is 0 Å². The summed E-state index contributed by atoms with van der Waals surface area (Å²) in [5, 5.41) is 0. The zero-order valence-corrected chi connectivity index (χ0v) is 9.50. The fraction of sp³-hybridized carbons (Fsp3) is 0.455. The minimum Gasteiger partial charge on any atom is -0.377 e. The molecule has 0 bridgehead atoms. The lowest BCUT2D eigenvalue weighted by Gasteiger charge is -2.34. The number of anilines is 1. The van der Waals surface area contributed by atoms with Crippen molar-refractivity contribution in [3.63, 3.8) is 0 Å². The van der Waals surface area contributed by atoms with E-state index in [1.807, 2.05) is 17.0 Å². The first-order valence-corrected chi connectivity index (χ1v) is 5.51. The molecule has 1 saturated heterocycles. The molecule has 0 aromatic carbocycles. The number of aromatic nitrogens is 1. The fourth-order valence-corrected chi connectivity index (χ4v) is 1.82. The summed E-state index contributed by atoms with van der Waals surface area (Å²) in [5.74, 6) is 0.337. The number of hydrogen-bond acceptors (Lipinski definition) is 5. The van der Waals surface area contributed by atoms with Crippen molar-refractivity contribution in [2.75, 3.05) is 24.7 Å². The molecule has 92 valence electrons. The van der Waals surface area contributed by atoms with Crippen LogP contribution in [0.5, 0.6) is 0 Å². The number of nitrogens with zero attached hydrogens (tertiary/aromatic N) is 2. The van der Waals surface area contributed by atoms with Crippen molar-refractivity contribution < 1.29 is 9.53 Å². The van der Waals surface area contributed by atoms with Gasteiger partial charge < -0.3 is 21.1 Å². The molecule has 2 rings (SSSR count). The van der Waals surface area contributed by atoms with Gasteiger partial charge in [0.2, 0.25) is 5.91 Å². The van der Waals surface area contributed by atoms with Gasteiger partial charge in [-0.3, -0.25) is 4.79 Å². The van der Waals surface area contributed by atoms with Crippen LogP contribution in [-0.2, 0) is 16.1 Å². The maximum atomic E-state index is 11.3. The monoisotopic (exact) mass is 236 g/mol. The van der Waals surface area contributed by atoms with Crippen molar-refractivity contribution in [2.45, 2.75) is 12.6 Å². The van der Waals surface area contributed by atoms with Crippen LogP contribution in [0.25, 0.3) is 0 Å². The highest BCUT2D eigenvalue weighted by Gasteiger charge is 2.28. The summed E-state index contributed by atoms with van der Waals surface area (Å²) in [6.07, 6.45) is 1.71. The predicted molar refractivity (Wildman–Crippen MR) is 63.3 cm³/mol. The molecule has 1 aliphatic rings. The van der Waals surface area contributed by atoms with Gasteiger partial charge in [-0.15, -0.1) is 0 Å². The Morgan fingerprint density at radius 3 is 3.00 bits per heavy atom. The van der Waals surface area contributed by atoms with Crippen LogP contribution in [0, 0.1) is 0 Å². The number of carbonyl (C=O) groups excluding carboxylic acids is 1. The van der Waals surface area contributed by atoms with Crippen LogP contribution in [-0.4, -0.2) is 36.7 Å². The molecular formula is C11H16N4O2. The molecule has 1 atom stereocenters. The first-order valence-electron chi connectivity index (χ1n) is 5.51. The molecule has 17 heavy (non-hydrogen) atoms. The van der Waals surface area contributed by atoms with Crippen molar-refractivity contribution in [3.8, 4) is 0 Å². The van der Waals surface area contributed by atoms with Crippen molar-refractivity contribution in [3.05, 3.63) is 23.9 Å². The zero-order chi connectivity index (χ0) is 12.3. The Morgan fingerprint density at radius 1 is 1.59 bits per heavy atom. The lowest BCUT2D eigenvalue weighted by Crippen LogP contribution is -2.53. The van der Waals surface area contributed by atoms with Crippen LogP contribution in [0.15, 0.2) is 18.3 Å². The Labute approximate surface area is 99.5 Å².